The molecule has 2 aromatic carbocycles. The lowest BCUT2D eigenvalue weighted by molar-refractivity contribution is 0.0474. The van der Waals surface area contributed by atoms with Crippen molar-refractivity contribution < 1.29 is 19.1 Å². The highest BCUT2D eigenvalue weighted by Crippen LogP contribution is 2.25. The fourth-order valence-electron chi connectivity index (χ4n) is 2.52. The third-order valence-corrected chi connectivity index (χ3v) is 4.61. The van der Waals surface area contributed by atoms with Crippen molar-refractivity contribution in [3.8, 4) is 11.4 Å². The van der Waals surface area contributed by atoms with Crippen molar-refractivity contribution in [3.05, 3.63) is 76.0 Å². The number of hydrogen-bond acceptors (Lipinski definition) is 5. The number of nitrogens with zero attached hydrogens (tertiary/aromatic N) is 2. The van der Waals surface area contributed by atoms with Crippen LogP contribution in [0.2, 0.25) is 0 Å². The summed E-state index contributed by atoms with van der Waals surface area (Å²) in [6.07, 6.45) is 1.71. The summed E-state index contributed by atoms with van der Waals surface area (Å²) in [5, 5.41) is 4.22. The van der Waals surface area contributed by atoms with Gasteiger partial charge < -0.3 is 9.47 Å². The van der Waals surface area contributed by atoms with E-state index < -0.39 is 5.97 Å². The summed E-state index contributed by atoms with van der Waals surface area (Å²) in [5.74, 6) is -0.230. The number of ether oxygens (including phenoxy) is 2. The fraction of sp³-hybridized carbons (Fsp3) is 0.150. The van der Waals surface area contributed by atoms with Gasteiger partial charge in [0.1, 0.15) is 5.75 Å². The highest BCUT2D eigenvalue weighted by atomic mass is 79.9. The van der Waals surface area contributed by atoms with E-state index in [0.717, 1.165) is 11.4 Å². The fourth-order valence-corrected chi connectivity index (χ4v) is 3.06. The van der Waals surface area contributed by atoms with Gasteiger partial charge in [0.05, 0.1) is 22.8 Å². The highest BCUT2D eigenvalue weighted by molar-refractivity contribution is 9.10. The van der Waals surface area contributed by atoms with Crippen LogP contribution >= 0.6 is 15.9 Å². The van der Waals surface area contributed by atoms with Gasteiger partial charge in [0.25, 0.3) is 0 Å². The lowest BCUT2D eigenvalue weighted by atomic mass is 10.1. The first-order valence-corrected chi connectivity index (χ1v) is 8.94. The maximum Gasteiger partial charge on any atom is 0.338 e. The van der Waals surface area contributed by atoms with Gasteiger partial charge in [-0.15, -0.1) is 0 Å². The first kappa shape index (κ1) is 18.8. The zero-order chi connectivity index (χ0) is 19.4. The zero-order valence-electron chi connectivity index (χ0n) is 14.8. The number of carbonyl (C=O) groups is 2. The van der Waals surface area contributed by atoms with Crippen molar-refractivity contribution in [3.63, 3.8) is 0 Å². The van der Waals surface area contributed by atoms with Crippen molar-refractivity contribution in [1.82, 2.24) is 9.78 Å². The maximum atomic E-state index is 12.2. The first-order valence-electron chi connectivity index (χ1n) is 8.14. The van der Waals surface area contributed by atoms with Gasteiger partial charge in [0.2, 0.25) is 0 Å². The van der Waals surface area contributed by atoms with Crippen LogP contribution in [-0.4, -0.2) is 35.2 Å². The summed E-state index contributed by atoms with van der Waals surface area (Å²) < 4.78 is 12.7. The number of halogens is 1. The van der Waals surface area contributed by atoms with Crippen LogP contribution in [0.3, 0.4) is 0 Å². The molecule has 7 heteroatoms. The molecule has 0 radical (unpaired) electrons. The van der Waals surface area contributed by atoms with E-state index >= 15 is 0 Å². The second-order valence-electron chi connectivity index (χ2n) is 5.78. The Morgan fingerprint density at radius 1 is 1.07 bits per heavy atom. The van der Waals surface area contributed by atoms with E-state index in [-0.39, 0.29) is 12.4 Å². The Hall–Kier alpha value is -2.93. The SMILES string of the molecule is COc1ccc(C(=O)COC(=O)c2ccc(-n3nccc3C)cc2)cc1Br. The molecule has 138 valence electrons. The number of Topliss-reactive ketones (excluding diaryl/α,β-unsaturated/α-hetero) is 1. The van der Waals surface area contributed by atoms with Gasteiger partial charge in [0.15, 0.2) is 12.4 Å². The molecule has 3 aromatic rings. The van der Waals surface area contributed by atoms with Crippen molar-refractivity contribution >= 4 is 27.7 Å². The van der Waals surface area contributed by atoms with Crippen molar-refractivity contribution in [2.24, 2.45) is 0 Å². The van der Waals surface area contributed by atoms with Gasteiger partial charge in [0, 0.05) is 17.5 Å². The van der Waals surface area contributed by atoms with Crippen LogP contribution < -0.4 is 4.74 Å². The van der Waals surface area contributed by atoms with E-state index in [0.29, 0.717) is 21.3 Å². The number of esters is 1. The average Bonchev–Trinajstić information content (AvgIpc) is 3.11. The number of aryl methyl sites for hydroxylation is 1. The van der Waals surface area contributed by atoms with Gasteiger partial charge in [-0.05, 0) is 71.4 Å². The van der Waals surface area contributed by atoms with Crippen LogP contribution in [0.5, 0.6) is 5.75 Å². The number of carbonyl (C=O) groups excluding carboxylic acids is 2. The minimum atomic E-state index is -0.556. The minimum Gasteiger partial charge on any atom is -0.496 e. The van der Waals surface area contributed by atoms with Gasteiger partial charge in [-0.3, -0.25) is 4.79 Å². The molecule has 0 spiro atoms. The van der Waals surface area contributed by atoms with E-state index in [4.69, 9.17) is 9.47 Å². The van der Waals surface area contributed by atoms with Crippen LogP contribution in [0.1, 0.15) is 26.4 Å². The minimum absolute atomic E-state index is 0.296. The average molecular weight is 429 g/mol. The van der Waals surface area contributed by atoms with Crippen LogP contribution in [0.4, 0.5) is 0 Å². The Bertz CT molecular complexity index is 980. The molecule has 0 aliphatic heterocycles. The Morgan fingerprint density at radius 2 is 1.78 bits per heavy atom. The molecular formula is C20H17BrN2O4. The molecule has 0 aliphatic rings. The van der Waals surface area contributed by atoms with Crippen LogP contribution in [-0.2, 0) is 4.74 Å². The monoisotopic (exact) mass is 428 g/mol. The third kappa shape index (κ3) is 4.25. The maximum absolute atomic E-state index is 12.2. The van der Waals surface area contributed by atoms with Crippen molar-refractivity contribution in [2.45, 2.75) is 6.92 Å². The summed E-state index contributed by atoms with van der Waals surface area (Å²) in [7, 11) is 1.54. The molecule has 0 atom stereocenters. The molecule has 0 bridgehead atoms. The molecule has 1 aromatic heterocycles. The third-order valence-electron chi connectivity index (χ3n) is 3.99. The number of hydrogen-bond donors (Lipinski definition) is 0. The smallest absolute Gasteiger partial charge is 0.338 e. The molecule has 0 unspecified atom stereocenters. The molecule has 27 heavy (non-hydrogen) atoms. The summed E-state index contributed by atoms with van der Waals surface area (Å²) in [5.41, 5.74) is 2.63. The molecule has 0 amide bonds. The molecule has 1 heterocycles. The summed E-state index contributed by atoms with van der Waals surface area (Å²) >= 11 is 3.33. The van der Waals surface area contributed by atoms with E-state index in [2.05, 4.69) is 21.0 Å². The van der Waals surface area contributed by atoms with Gasteiger partial charge in [-0.1, -0.05) is 0 Å². The highest BCUT2D eigenvalue weighted by Gasteiger charge is 2.14. The van der Waals surface area contributed by atoms with Crippen molar-refractivity contribution in [1.29, 1.82) is 0 Å². The molecule has 0 saturated heterocycles. The predicted molar refractivity (Wildman–Crippen MR) is 104 cm³/mol. The quantitative estimate of drug-likeness (QED) is 0.438. The van der Waals surface area contributed by atoms with Crippen molar-refractivity contribution in [2.75, 3.05) is 13.7 Å². The molecule has 3 rings (SSSR count). The largest absolute Gasteiger partial charge is 0.496 e. The van der Waals surface area contributed by atoms with E-state index in [1.807, 2.05) is 13.0 Å². The summed E-state index contributed by atoms with van der Waals surface area (Å²) in [6.45, 7) is 1.61. The Kier molecular flexibility index (Phi) is 5.71. The van der Waals surface area contributed by atoms with Gasteiger partial charge in [-0.25, -0.2) is 9.48 Å². The van der Waals surface area contributed by atoms with E-state index in [1.165, 1.54) is 0 Å². The van der Waals surface area contributed by atoms with Crippen LogP contribution in [0.15, 0.2) is 59.2 Å². The molecule has 0 fully saturated rings. The lowest BCUT2D eigenvalue weighted by Crippen LogP contribution is -2.14. The molecule has 0 aliphatic carbocycles. The standard InChI is InChI=1S/C20H17BrN2O4/c1-13-9-10-22-23(13)16-6-3-14(4-7-16)20(25)27-12-18(24)15-5-8-19(26-2)17(21)11-15/h3-11H,12H2,1-2H3. The normalized spacial score (nSPS) is 10.5. The summed E-state index contributed by atoms with van der Waals surface area (Å²) in [6, 6.07) is 13.7. The topological polar surface area (TPSA) is 70.4 Å². The van der Waals surface area contributed by atoms with Gasteiger partial charge >= 0.3 is 5.97 Å². The Balaban J connectivity index is 1.63. The predicted octanol–water partition coefficient (Wildman–Crippen LogP) is 3.99. The number of aromatic nitrogens is 2. The Labute approximate surface area is 164 Å². The molecular weight excluding hydrogens is 412 g/mol. The molecule has 0 saturated carbocycles. The molecule has 0 N–H and O–H groups in total. The number of rotatable bonds is 6. The first-order chi connectivity index (χ1) is 13.0. The number of benzene rings is 2. The van der Waals surface area contributed by atoms with Crippen LogP contribution in [0.25, 0.3) is 5.69 Å². The van der Waals surface area contributed by atoms with Gasteiger partial charge in [-0.2, -0.15) is 5.10 Å². The second-order valence-corrected chi connectivity index (χ2v) is 6.63. The molecule has 6 nitrogen and oxygen atoms in total. The number of methoxy groups -OCH3 is 1. The second kappa shape index (κ2) is 8.18. The zero-order valence-corrected chi connectivity index (χ0v) is 16.4. The lowest BCUT2D eigenvalue weighted by Gasteiger charge is -2.08. The van der Waals surface area contributed by atoms with Crippen LogP contribution in [0, 0.1) is 6.92 Å². The van der Waals surface area contributed by atoms with E-state index in [9.17, 15) is 9.59 Å². The Morgan fingerprint density at radius 3 is 2.37 bits per heavy atom. The number of ketones is 1. The van der Waals surface area contributed by atoms with E-state index in [1.54, 1.807) is 60.5 Å². The summed E-state index contributed by atoms with van der Waals surface area (Å²) in [4.78, 5) is 24.4.